The maximum absolute atomic E-state index is 13.8. The number of esters is 2. The number of carbonyl (C=O) groups excluding carboxylic acids is 2. The number of morpholine rings is 2. The highest BCUT2D eigenvalue weighted by Gasteiger charge is 2.38. The molecule has 0 radical (unpaired) electrons. The molecule has 0 aromatic carbocycles. The number of hydrogen-bond acceptors (Lipinski definition) is 13. The molecule has 4 N–H and O–H groups in total. The van der Waals surface area contributed by atoms with Crippen molar-refractivity contribution in [1.82, 2.24) is 9.97 Å². The van der Waals surface area contributed by atoms with Gasteiger partial charge in [-0.3, -0.25) is 9.59 Å². The zero-order chi connectivity index (χ0) is 31.4. The number of ether oxygens (including phenoxy) is 4. The summed E-state index contributed by atoms with van der Waals surface area (Å²) in [7, 11) is 0. The Morgan fingerprint density at radius 2 is 1.25 bits per heavy atom. The van der Waals surface area contributed by atoms with Crippen LogP contribution < -0.4 is 20.9 Å². The maximum atomic E-state index is 13.8. The van der Waals surface area contributed by atoms with Crippen molar-refractivity contribution in [3.05, 3.63) is 67.1 Å². The molecule has 0 aliphatic carbocycles. The molecule has 15 nitrogen and oxygen atoms in total. The van der Waals surface area contributed by atoms with Crippen LogP contribution >= 0.6 is 0 Å². The van der Waals surface area contributed by atoms with Crippen LogP contribution in [0, 0.1) is 0 Å². The quantitative estimate of drug-likeness (QED) is 0.252. The average molecular weight is 615 g/mol. The lowest BCUT2D eigenvalue weighted by atomic mass is 9.87. The lowest BCUT2D eigenvalue weighted by Gasteiger charge is -2.31. The maximum Gasteiger partial charge on any atom is 0.345 e. The summed E-state index contributed by atoms with van der Waals surface area (Å²) in [5, 5.41) is 23.4. The first kappa shape index (κ1) is 30.7. The smallest absolute Gasteiger partial charge is 0.345 e. The van der Waals surface area contributed by atoms with Gasteiger partial charge in [0.25, 0.3) is 11.1 Å². The number of anilines is 2. The molecule has 0 spiro atoms. The minimum atomic E-state index is -1.57. The van der Waals surface area contributed by atoms with Gasteiger partial charge < -0.3 is 53.3 Å². The molecule has 15 heteroatoms. The molecule has 3 aromatic rings. The number of aromatic hydroxyl groups is 2. The molecule has 236 valence electrons. The van der Waals surface area contributed by atoms with Gasteiger partial charge in [-0.1, -0.05) is 0 Å². The zero-order valence-electron chi connectivity index (χ0n) is 24.3. The largest absolute Gasteiger partial charge is 0.506 e. The summed E-state index contributed by atoms with van der Waals surface area (Å²) in [5.41, 5.74) is -3.37. The number of furan rings is 1. The van der Waals surface area contributed by atoms with Crippen molar-refractivity contribution < 1.29 is 43.2 Å². The highest BCUT2D eigenvalue weighted by atomic mass is 16.5. The molecule has 0 atom stereocenters. The highest BCUT2D eigenvalue weighted by Crippen LogP contribution is 2.42. The first-order chi connectivity index (χ1) is 21.3. The van der Waals surface area contributed by atoms with Crippen LogP contribution in [0.25, 0.3) is 0 Å². The molecular formula is C29H34N4O11. The predicted octanol–water partition coefficient (Wildman–Crippen LogP) is 1.27. The molecule has 2 saturated heterocycles. The van der Waals surface area contributed by atoms with E-state index in [1.807, 2.05) is 0 Å². The summed E-state index contributed by atoms with van der Waals surface area (Å²) in [5.74, 6) is -4.96. The van der Waals surface area contributed by atoms with E-state index in [9.17, 15) is 29.4 Å². The number of hydrogen-bond donors (Lipinski definition) is 4. The van der Waals surface area contributed by atoms with E-state index in [0.717, 1.165) is 0 Å². The van der Waals surface area contributed by atoms with Crippen LogP contribution in [0.2, 0.25) is 0 Å². The third kappa shape index (κ3) is 5.75. The second-order valence-electron chi connectivity index (χ2n) is 9.97. The van der Waals surface area contributed by atoms with Crippen molar-refractivity contribution >= 4 is 23.6 Å². The Morgan fingerprint density at radius 3 is 1.61 bits per heavy atom. The van der Waals surface area contributed by atoms with Crippen molar-refractivity contribution in [1.29, 1.82) is 0 Å². The molecule has 5 rings (SSSR count). The van der Waals surface area contributed by atoms with Crippen molar-refractivity contribution in [2.24, 2.45) is 0 Å². The molecule has 44 heavy (non-hydrogen) atoms. The van der Waals surface area contributed by atoms with Gasteiger partial charge in [0.15, 0.2) is 0 Å². The zero-order valence-corrected chi connectivity index (χ0v) is 24.3. The molecule has 0 bridgehead atoms. The van der Waals surface area contributed by atoms with Gasteiger partial charge >= 0.3 is 11.9 Å². The first-order valence-electron chi connectivity index (χ1n) is 14.3. The number of rotatable bonds is 9. The van der Waals surface area contributed by atoms with Crippen LogP contribution in [0.4, 0.5) is 11.6 Å². The summed E-state index contributed by atoms with van der Waals surface area (Å²) < 4.78 is 26.8. The van der Waals surface area contributed by atoms with Gasteiger partial charge in [0.05, 0.1) is 62.9 Å². The summed E-state index contributed by atoms with van der Waals surface area (Å²) in [6.07, 6.45) is 1.28. The Hall–Kier alpha value is -4.76. The van der Waals surface area contributed by atoms with E-state index in [0.29, 0.717) is 52.6 Å². The minimum absolute atomic E-state index is 0.0178. The summed E-state index contributed by atoms with van der Waals surface area (Å²) in [6, 6.07) is 2.92. The SMILES string of the molecule is CCOC(=O)c1c(N2CCOCC2)[nH]c(=O)c(C(c2ccco2)c2c(O)c(C(=O)OCC)c(N3CCOCC3)[nH]c2=O)c1O. The molecule has 2 aliphatic rings. The molecule has 0 saturated carbocycles. The summed E-state index contributed by atoms with van der Waals surface area (Å²) in [6.45, 7) is 5.65. The van der Waals surface area contributed by atoms with Gasteiger partial charge in [-0.05, 0) is 26.0 Å². The molecule has 3 aromatic heterocycles. The second-order valence-corrected chi connectivity index (χ2v) is 9.97. The fraction of sp³-hybridized carbons (Fsp3) is 0.448. The Balaban J connectivity index is 1.79. The van der Waals surface area contributed by atoms with Crippen LogP contribution in [0.1, 0.15) is 57.4 Å². The van der Waals surface area contributed by atoms with Crippen LogP contribution in [0.5, 0.6) is 11.5 Å². The molecular weight excluding hydrogens is 580 g/mol. The van der Waals surface area contributed by atoms with E-state index in [-0.39, 0.29) is 41.7 Å². The van der Waals surface area contributed by atoms with Crippen molar-refractivity contribution in [2.45, 2.75) is 19.8 Å². The van der Waals surface area contributed by atoms with Gasteiger partial charge in [0, 0.05) is 26.2 Å². The second kappa shape index (κ2) is 13.3. The van der Waals surface area contributed by atoms with E-state index in [4.69, 9.17) is 23.4 Å². The standard InChI is InChI=1S/C29H34N4O11/c1-3-42-28(38)20-22(34)18(26(36)30-24(20)32-7-12-40-13-8-32)17(16-6-5-11-44-16)19-23(35)21(29(39)43-4-2)25(31-27(19)37)33-9-14-41-15-10-33/h5-6,11,17H,3-4,7-10,12-15H2,1-2H3,(H2,30,34,36)(H2,31,35,37). The minimum Gasteiger partial charge on any atom is -0.506 e. The van der Waals surface area contributed by atoms with E-state index in [1.54, 1.807) is 23.6 Å². The lowest BCUT2D eigenvalue weighted by molar-refractivity contribution is 0.0512. The van der Waals surface area contributed by atoms with Crippen molar-refractivity contribution in [3.63, 3.8) is 0 Å². The lowest BCUT2D eigenvalue weighted by Crippen LogP contribution is -2.40. The van der Waals surface area contributed by atoms with Gasteiger partial charge in [0.2, 0.25) is 0 Å². The van der Waals surface area contributed by atoms with Crippen molar-refractivity contribution in [2.75, 3.05) is 75.6 Å². The average Bonchev–Trinajstić information content (AvgIpc) is 3.55. The fourth-order valence-electron chi connectivity index (χ4n) is 5.44. The fourth-order valence-corrected chi connectivity index (χ4v) is 5.44. The molecule has 0 unspecified atom stereocenters. The topological polar surface area (TPSA) is 197 Å². The number of carbonyl (C=O) groups is 2. The van der Waals surface area contributed by atoms with E-state index < -0.39 is 51.6 Å². The number of H-pyrrole nitrogens is 2. The molecule has 2 fully saturated rings. The number of nitrogens with zero attached hydrogens (tertiary/aromatic N) is 2. The highest BCUT2D eigenvalue weighted by molar-refractivity contribution is 5.99. The molecule has 2 aliphatic heterocycles. The van der Waals surface area contributed by atoms with Gasteiger partial charge in [0.1, 0.15) is 40.0 Å². The summed E-state index contributed by atoms with van der Waals surface area (Å²) in [4.78, 5) is 62.8. The van der Waals surface area contributed by atoms with Crippen molar-refractivity contribution in [3.8, 4) is 11.5 Å². The number of pyridine rings is 2. The third-order valence-electron chi connectivity index (χ3n) is 7.43. The molecule has 5 heterocycles. The number of aromatic amines is 2. The molecule has 0 amide bonds. The Morgan fingerprint density at radius 1 is 0.818 bits per heavy atom. The van der Waals surface area contributed by atoms with Crippen LogP contribution in [0.3, 0.4) is 0 Å². The van der Waals surface area contributed by atoms with Gasteiger partial charge in [-0.25, -0.2) is 9.59 Å². The van der Waals surface area contributed by atoms with E-state index in [2.05, 4.69) is 9.97 Å². The van der Waals surface area contributed by atoms with Crippen LogP contribution in [-0.2, 0) is 18.9 Å². The number of aromatic nitrogens is 2. The van der Waals surface area contributed by atoms with Gasteiger partial charge in [-0.15, -0.1) is 0 Å². The monoisotopic (exact) mass is 614 g/mol. The first-order valence-corrected chi connectivity index (χ1v) is 14.3. The third-order valence-corrected chi connectivity index (χ3v) is 7.43. The Labute approximate surface area is 250 Å². The normalized spacial score (nSPS) is 15.4. The van der Waals surface area contributed by atoms with Crippen LogP contribution in [-0.4, -0.2) is 97.9 Å². The Bertz CT molecular complexity index is 1510. The summed E-state index contributed by atoms with van der Waals surface area (Å²) >= 11 is 0. The number of nitrogens with one attached hydrogen (secondary N) is 2. The van der Waals surface area contributed by atoms with Crippen LogP contribution in [0.15, 0.2) is 32.4 Å². The van der Waals surface area contributed by atoms with E-state index in [1.165, 1.54) is 18.4 Å². The Kier molecular flexibility index (Phi) is 9.25. The predicted molar refractivity (Wildman–Crippen MR) is 155 cm³/mol. The van der Waals surface area contributed by atoms with E-state index >= 15 is 0 Å². The van der Waals surface area contributed by atoms with Gasteiger partial charge in [-0.2, -0.15) is 0 Å².